The molecule has 1 N–H and O–H groups in total. The van der Waals surface area contributed by atoms with E-state index in [1.165, 1.54) is 0 Å². The molecule has 0 spiro atoms. The van der Waals surface area contributed by atoms with E-state index in [4.69, 9.17) is 11.6 Å². The van der Waals surface area contributed by atoms with Crippen LogP contribution in [0.25, 0.3) is 0 Å². The highest BCUT2D eigenvalue weighted by molar-refractivity contribution is 6.30. The average Bonchev–Trinajstić information content (AvgIpc) is 2.72. The second-order valence-corrected chi connectivity index (χ2v) is 8.04. The zero-order chi connectivity index (χ0) is 21.0. The number of rotatable bonds is 4. The van der Waals surface area contributed by atoms with E-state index in [-0.39, 0.29) is 25.3 Å². The van der Waals surface area contributed by atoms with E-state index in [0.717, 1.165) is 5.69 Å². The molecular weight excluding hydrogens is 407 g/mol. The molecule has 2 amide bonds. The monoisotopic (exact) mass is 431 g/mol. The fourth-order valence-corrected chi connectivity index (χ4v) is 4.23. The second kappa shape index (κ2) is 9.24. The maximum atomic E-state index is 13.2. The third-order valence-electron chi connectivity index (χ3n) is 5.76. The first-order valence-electron chi connectivity index (χ1n) is 9.88. The van der Waals surface area contributed by atoms with E-state index < -0.39 is 23.9 Å². The number of carbonyl (C=O) groups excluding carboxylic acids is 2. The van der Waals surface area contributed by atoms with Gasteiger partial charge in [-0.1, -0.05) is 24.4 Å². The Labute approximate surface area is 173 Å². The molecule has 2 unspecified atom stereocenters. The molecule has 5 nitrogen and oxygen atoms in total. The van der Waals surface area contributed by atoms with Crippen LogP contribution in [0.5, 0.6) is 0 Å². The lowest BCUT2D eigenvalue weighted by Gasteiger charge is -2.36. The number of piperazine rings is 1. The van der Waals surface area contributed by atoms with Crippen molar-refractivity contribution in [2.75, 3.05) is 37.6 Å². The summed E-state index contributed by atoms with van der Waals surface area (Å²) < 4.78 is 39.5. The zero-order valence-electron chi connectivity index (χ0n) is 16.1. The molecule has 3 rings (SSSR count). The first-order chi connectivity index (χ1) is 13.8. The van der Waals surface area contributed by atoms with Gasteiger partial charge in [-0.15, -0.1) is 0 Å². The minimum Gasteiger partial charge on any atom is -0.368 e. The van der Waals surface area contributed by atoms with Gasteiger partial charge in [0.1, 0.15) is 0 Å². The highest BCUT2D eigenvalue weighted by Crippen LogP contribution is 2.41. The van der Waals surface area contributed by atoms with Gasteiger partial charge in [0.25, 0.3) is 0 Å². The van der Waals surface area contributed by atoms with Crippen LogP contribution in [0.1, 0.15) is 25.7 Å². The highest BCUT2D eigenvalue weighted by atomic mass is 35.5. The predicted molar refractivity (Wildman–Crippen MR) is 105 cm³/mol. The smallest absolute Gasteiger partial charge is 0.368 e. The summed E-state index contributed by atoms with van der Waals surface area (Å²) in [5.41, 5.74) is 1.02. The number of hydrogen-bond donors (Lipinski definition) is 1. The highest BCUT2D eigenvalue weighted by Gasteiger charge is 2.48. The van der Waals surface area contributed by atoms with Gasteiger partial charge in [-0.2, -0.15) is 13.2 Å². The number of benzene rings is 1. The Kier molecular flexibility index (Phi) is 6.93. The Morgan fingerprint density at radius 3 is 2.28 bits per heavy atom. The van der Waals surface area contributed by atoms with Gasteiger partial charge in [0, 0.05) is 42.8 Å². The van der Waals surface area contributed by atoms with E-state index >= 15 is 0 Å². The molecule has 0 aromatic heterocycles. The first-order valence-corrected chi connectivity index (χ1v) is 10.3. The molecule has 1 heterocycles. The summed E-state index contributed by atoms with van der Waals surface area (Å²) in [6, 6.07) is 7.45. The van der Waals surface area contributed by atoms with Gasteiger partial charge in [-0.25, -0.2) is 0 Å². The maximum Gasteiger partial charge on any atom is 0.392 e. The Balaban J connectivity index is 1.47. The molecule has 2 aliphatic rings. The Bertz CT molecular complexity index is 719. The quantitative estimate of drug-likeness (QED) is 0.794. The molecule has 160 valence electrons. The average molecular weight is 432 g/mol. The molecule has 1 aromatic carbocycles. The topological polar surface area (TPSA) is 52.7 Å². The fraction of sp³-hybridized carbons (Fsp3) is 0.600. The largest absolute Gasteiger partial charge is 0.392 e. The molecule has 1 aromatic rings. The van der Waals surface area contributed by atoms with E-state index in [1.807, 2.05) is 24.3 Å². The van der Waals surface area contributed by atoms with E-state index in [0.29, 0.717) is 44.0 Å². The lowest BCUT2D eigenvalue weighted by molar-refractivity contribution is -0.198. The van der Waals surface area contributed by atoms with Crippen molar-refractivity contribution in [2.45, 2.75) is 31.9 Å². The normalized spacial score (nSPS) is 23.0. The molecule has 9 heteroatoms. The number of alkyl halides is 3. The summed E-state index contributed by atoms with van der Waals surface area (Å²) in [6.45, 7) is 2.00. The number of nitrogens with zero attached hydrogens (tertiary/aromatic N) is 2. The van der Waals surface area contributed by atoms with Gasteiger partial charge in [0.2, 0.25) is 11.8 Å². The van der Waals surface area contributed by atoms with Crippen molar-refractivity contribution in [3.8, 4) is 0 Å². The van der Waals surface area contributed by atoms with Crippen LogP contribution in [0, 0.1) is 11.8 Å². The number of halogens is 4. The number of anilines is 1. The third kappa shape index (κ3) is 5.56. The minimum atomic E-state index is -4.38. The molecule has 2 fully saturated rings. The molecule has 0 bridgehead atoms. The van der Waals surface area contributed by atoms with Gasteiger partial charge in [0.05, 0.1) is 12.5 Å². The van der Waals surface area contributed by atoms with E-state index in [2.05, 4.69) is 10.2 Å². The predicted octanol–water partition coefficient (Wildman–Crippen LogP) is 3.47. The minimum absolute atomic E-state index is 0.0256. The number of hydrogen-bond acceptors (Lipinski definition) is 3. The van der Waals surface area contributed by atoms with Crippen molar-refractivity contribution in [3.63, 3.8) is 0 Å². The molecule has 1 aliphatic carbocycles. The van der Waals surface area contributed by atoms with Gasteiger partial charge >= 0.3 is 6.18 Å². The summed E-state index contributed by atoms with van der Waals surface area (Å²) in [7, 11) is 0. The molecule has 0 radical (unpaired) electrons. The maximum absolute atomic E-state index is 13.2. The van der Waals surface area contributed by atoms with Crippen LogP contribution in [0.3, 0.4) is 0 Å². The Hall–Kier alpha value is -1.96. The number of nitrogens with one attached hydrogen (secondary N) is 1. The molecule has 1 saturated heterocycles. The third-order valence-corrected chi connectivity index (χ3v) is 6.01. The van der Waals surface area contributed by atoms with E-state index in [9.17, 15) is 22.8 Å². The van der Waals surface area contributed by atoms with Crippen molar-refractivity contribution in [1.82, 2.24) is 10.2 Å². The summed E-state index contributed by atoms with van der Waals surface area (Å²) in [4.78, 5) is 28.5. The van der Waals surface area contributed by atoms with Gasteiger partial charge < -0.3 is 15.1 Å². The van der Waals surface area contributed by atoms with Crippen LogP contribution in [0.2, 0.25) is 5.02 Å². The van der Waals surface area contributed by atoms with Crippen LogP contribution < -0.4 is 10.2 Å². The molecule has 2 atom stereocenters. The van der Waals surface area contributed by atoms with Crippen LogP contribution in [0.15, 0.2) is 24.3 Å². The van der Waals surface area contributed by atoms with Crippen molar-refractivity contribution in [2.24, 2.45) is 11.8 Å². The standard InChI is InChI=1S/C20H25ClF3N3O2/c21-14-5-7-15(8-6-14)26-9-11-27(12-10-26)18(28)13-25-19(29)16-3-1-2-4-17(16)20(22,23)24/h5-8,16-17H,1-4,9-13H2,(H,25,29). The summed E-state index contributed by atoms with van der Waals surface area (Å²) >= 11 is 5.90. The second-order valence-electron chi connectivity index (χ2n) is 7.60. The van der Waals surface area contributed by atoms with Crippen LogP contribution in [-0.2, 0) is 9.59 Å². The first kappa shape index (κ1) is 21.7. The SMILES string of the molecule is O=C(NCC(=O)N1CCN(c2ccc(Cl)cc2)CC1)C1CCCCC1C(F)(F)F. The lowest BCUT2D eigenvalue weighted by atomic mass is 9.78. The number of amides is 2. The van der Waals surface area contributed by atoms with Crippen molar-refractivity contribution in [3.05, 3.63) is 29.3 Å². The zero-order valence-corrected chi connectivity index (χ0v) is 16.8. The van der Waals surface area contributed by atoms with Gasteiger partial charge in [-0.05, 0) is 37.1 Å². The van der Waals surface area contributed by atoms with Gasteiger partial charge in [0.15, 0.2) is 0 Å². The van der Waals surface area contributed by atoms with E-state index in [1.54, 1.807) is 4.90 Å². The Morgan fingerprint density at radius 2 is 1.66 bits per heavy atom. The van der Waals surface area contributed by atoms with Crippen LogP contribution >= 0.6 is 11.6 Å². The fourth-order valence-electron chi connectivity index (χ4n) is 4.11. The molecule has 1 saturated carbocycles. The lowest BCUT2D eigenvalue weighted by Crippen LogP contribution is -2.52. The van der Waals surface area contributed by atoms with Crippen molar-refractivity contribution >= 4 is 29.1 Å². The van der Waals surface area contributed by atoms with Crippen molar-refractivity contribution < 1.29 is 22.8 Å². The van der Waals surface area contributed by atoms with Crippen molar-refractivity contribution in [1.29, 1.82) is 0 Å². The van der Waals surface area contributed by atoms with Gasteiger partial charge in [-0.3, -0.25) is 9.59 Å². The Morgan fingerprint density at radius 1 is 1.03 bits per heavy atom. The molecule has 29 heavy (non-hydrogen) atoms. The summed E-state index contributed by atoms with van der Waals surface area (Å²) in [6.07, 6.45) is -3.12. The summed E-state index contributed by atoms with van der Waals surface area (Å²) in [5, 5.41) is 3.10. The molecule has 1 aliphatic heterocycles. The van der Waals surface area contributed by atoms with Crippen LogP contribution in [0.4, 0.5) is 18.9 Å². The number of carbonyl (C=O) groups is 2. The molecular formula is C20H25ClF3N3O2. The van der Waals surface area contributed by atoms with Crippen LogP contribution in [-0.4, -0.2) is 55.6 Å². The summed E-state index contributed by atoms with van der Waals surface area (Å²) in [5.74, 6) is -3.65.